The van der Waals surface area contributed by atoms with Crippen molar-refractivity contribution < 1.29 is 45.6 Å². The molecule has 0 aromatic heterocycles. The summed E-state index contributed by atoms with van der Waals surface area (Å²) in [4.78, 5) is 0. The Bertz CT molecular complexity index is 242. The maximum atomic E-state index is 12.6. The maximum Gasteiger partial charge on any atom is 2.00 e. The molecule has 1 rings (SSSR count). The van der Waals surface area contributed by atoms with Crippen molar-refractivity contribution >= 4 is 0 Å². The van der Waals surface area contributed by atoms with Gasteiger partial charge < -0.3 is 21.7 Å². The van der Waals surface area contributed by atoms with Gasteiger partial charge in [0, 0.05) is 11.6 Å². The van der Waals surface area contributed by atoms with E-state index in [9.17, 15) is 4.39 Å². The van der Waals surface area contributed by atoms with Crippen LogP contribution >= 0.6 is 0 Å². The summed E-state index contributed by atoms with van der Waals surface area (Å²) in [6.45, 7) is 3.49. The average Bonchev–Trinajstić information content (AvgIpc) is 1.95. The predicted octanol–water partition coefficient (Wildman–Crippen LogP) is -0.982. The monoisotopic (exact) mass is 282 g/mol. The van der Waals surface area contributed by atoms with Gasteiger partial charge in [0.05, 0.1) is 7.11 Å². The first kappa shape index (κ1) is 14.4. The summed E-state index contributed by atoms with van der Waals surface area (Å²) in [6.07, 6.45) is 0. The van der Waals surface area contributed by atoms with Gasteiger partial charge in [-0.25, -0.2) is 0 Å². The topological polar surface area (TPSA) is 9.23 Å². The van der Waals surface area contributed by atoms with Gasteiger partial charge in [0.25, 0.3) is 0 Å². The van der Waals surface area contributed by atoms with Crippen LogP contribution in [0.15, 0.2) is 18.2 Å². The quantitative estimate of drug-likeness (QED) is 0.476. The molecule has 0 amide bonds. The second-order valence-corrected chi connectivity index (χ2v) is 1.92. The molecule has 0 unspecified atom stereocenters. The van der Waals surface area contributed by atoms with Crippen LogP contribution in [0.25, 0.3) is 0 Å². The van der Waals surface area contributed by atoms with Crippen LogP contribution in [0.5, 0.6) is 5.75 Å². The smallest absolute Gasteiger partial charge is 1.00 e. The van der Waals surface area contributed by atoms with Crippen LogP contribution in [0.4, 0.5) is 4.39 Å². The van der Waals surface area contributed by atoms with Gasteiger partial charge in [-0.05, 0) is 0 Å². The van der Waals surface area contributed by atoms with Gasteiger partial charge in [-0.3, -0.25) is 4.39 Å². The molecule has 0 N–H and O–H groups in total. The molecule has 0 bridgehead atoms. The fraction of sp³-hybridized carbons (Fsp3) is 0.125. The second-order valence-electron chi connectivity index (χ2n) is 1.92. The average molecular weight is 284 g/mol. The van der Waals surface area contributed by atoms with Crippen LogP contribution in [0.1, 0.15) is 5.56 Å². The van der Waals surface area contributed by atoms with Gasteiger partial charge in [-0.1, -0.05) is 18.2 Å². The van der Waals surface area contributed by atoms with E-state index in [1.54, 1.807) is 12.1 Å². The fourth-order valence-corrected chi connectivity index (χ4v) is 0.730. The minimum absolute atomic E-state index is 0. The van der Waals surface area contributed by atoms with Crippen molar-refractivity contribution in [3.05, 3.63) is 36.5 Å². The summed E-state index contributed by atoms with van der Waals surface area (Å²) in [5, 5.41) is 0. The minimum atomic E-state index is -0.334. The van der Waals surface area contributed by atoms with Crippen molar-refractivity contribution in [1.29, 1.82) is 0 Å². The SMILES string of the molecule is [Br-].[CH2-]c1c(F)cccc1OC.[Zn+2]. The summed E-state index contributed by atoms with van der Waals surface area (Å²) in [6, 6.07) is 4.61. The van der Waals surface area contributed by atoms with Gasteiger partial charge >= 0.3 is 19.5 Å². The number of rotatable bonds is 1. The largest absolute Gasteiger partial charge is 2.00 e. The third-order valence-corrected chi connectivity index (χ3v) is 1.30. The van der Waals surface area contributed by atoms with E-state index >= 15 is 0 Å². The number of methoxy groups -OCH3 is 1. The Morgan fingerprint density at radius 2 is 2.00 bits per heavy atom. The van der Waals surface area contributed by atoms with Crippen LogP contribution in [0.2, 0.25) is 0 Å². The fourth-order valence-electron chi connectivity index (χ4n) is 0.730. The van der Waals surface area contributed by atoms with Crippen LogP contribution in [-0.2, 0) is 19.5 Å². The van der Waals surface area contributed by atoms with Gasteiger partial charge in [-0.2, -0.15) is 6.92 Å². The Balaban J connectivity index is 0. The molecule has 1 aromatic carbocycles. The molecule has 0 heterocycles. The number of hydrogen-bond donors (Lipinski definition) is 0. The first-order chi connectivity index (χ1) is 4.75. The van der Waals surface area contributed by atoms with Crippen molar-refractivity contribution in [3.8, 4) is 5.75 Å². The molecule has 0 aliphatic heterocycles. The van der Waals surface area contributed by atoms with E-state index in [4.69, 9.17) is 4.74 Å². The summed E-state index contributed by atoms with van der Waals surface area (Å²) < 4.78 is 17.4. The minimum Gasteiger partial charge on any atom is -1.00 e. The van der Waals surface area contributed by atoms with E-state index in [-0.39, 0.29) is 42.3 Å². The molecule has 0 saturated heterocycles. The normalized spacial score (nSPS) is 7.83. The molecule has 0 saturated carbocycles. The number of halogens is 2. The number of ether oxygens (including phenoxy) is 1. The van der Waals surface area contributed by atoms with Crippen molar-refractivity contribution in [2.24, 2.45) is 0 Å². The molecule has 12 heavy (non-hydrogen) atoms. The molecule has 0 aliphatic carbocycles. The number of benzene rings is 1. The van der Waals surface area contributed by atoms with Crippen molar-refractivity contribution in [2.75, 3.05) is 7.11 Å². The van der Waals surface area contributed by atoms with Gasteiger partial charge in [0.1, 0.15) is 0 Å². The van der Waals surface area contributed by atoms with E-state index in [0.717, 1.165) is 0 Å². The van der Waals surface area contributed by atoms with Crippen molar-refractivity contribution in [1.82, 2.24) is 0 Å². The molecular weight excluding hydrogens is 276 g/mol. The van der Waals surface area contributed by atoms with Crippen molar-refractivity contribution in [3.63, 3.8) is 0 Å². The van der Waals surface area contributed by atoms with Crippen LogP contribution < -0.4 is 21.7 Å². The van der Waals surface area contributed by atoms with Gasteiger partial charge in [0.15, 0.2) is 0 Å². The molecule has 1 nitrogen and oxygen atoms in total. The molecular formula is C8H8BrFOZn. The van der Waals surface area contributed by atoms with E-state index < -0.39 is 0 Å². The Morgan fingerprint density at radius 1 is 1.42 bits per heavy atom. The molecule has 0 spiro atoms. The maximum absolute atomic E-state index is 12.6. The summed E-state index contributed by atoms with van der Waals surface area (Å²) in [5.41, 5.74) is 0.310. The zero-order chi connectivity index (χ0) is 7.56. The third kappa shape index (κ3) is 3.12. The van der Waals surface area contributed by atoms with Crippen molar-refractivity contribution in [2.45, 2.75) is 0 Å². The van der Waals surface area contributed by atoms with Gasteiger partial charge in [0.2, 0.25) is 0 Å². The molecule has 4 heteroatoms. The molecule has 1 aromatic rings. The van der Waals surface area contributed by atoms with E-state index in [2.05, 4.69) is 6.92 Å². The van der Waals surface area contributed by atoms with Crippen LogP contribution in [-0.4, -0.2) is 7.11 Å². The van der Waals surface area contributed by atoms with E-state index in [1.807, 2.05) is 0 Å². The van der Waals surface area contributed by atoms with Gasteiger partial charge in [-0.15, -0.1) is 5.56 Å². The molecule has 0 aliphatic rings. The summed E-state index contributed by atoms with van der Waals surface area (Å²) >= 11 is 0. The second kappa shape index (κ2) is 6.44. The molecule has 62 valence electrons. The Morgan fingerprint density at radius 3 is 2.42 bits per heavy atom. The zero-order valence-corrected chi connectivity index (χ0v) is 11.4. The Hall–Kier alpha value is -0.0766. The Labute approximate surface area is 94.8 Å². The standard InChI is InChI=1S/C8H8FO.BrH.Zn/c1-6-7(9)4-3-5-8(6)10-2;;/h3-5H,1H2,2H3;1H;/q-1;;+2/p-1. The molecule has 0 atom stereocenters. The molecule has 0 fully saturated rings. The number of hydrogen-bond acceptors (Lipinski definition) is 1. The summed E-state index contributed by atoms with van der Waals surface area (Å²) in [7, 11) is 1.49. The summed E-state index contributed by atoms with van der Waals surface area (Å²) in [5.74, 6) is 0.152. The Kier molecular flexibility index (Phi) is 7.75. The first-order valence-electron chi connectivity index (χ1n) is 2.90. The van der Waals surface area contributed by atoms with Crippen LogP contribution in [0, 0.1) is 12.7 Å². The third-order valence-electron chi connectivity index (χ3n) is 1.30. The first-order valence-corrected chi connectivity index (χ1v) is 2.90. The molecule has 0 radical (unpaired) electrons. The zero-order valence-electron chi connectivity index (χ0n) is 6.81. The van der Waals surface area contributed by atoms with Crippen LogP contribution in [0.3, 0.4) is 0 Å². The van der Waals surface area contributed by atoms with E-state index in [1.165, 1.54) is 13.2 Å². The van der Waals surface area contributed by atoms with E-state index in [0.29, 0.717) is 11.3 Å². The predicted molar refractivity (Wildman–Crippen MR) is 37.4 cm³/mol.